The van der Waals surface area contributed by atoms with Crippen molar-refractivity contribution in [3.63, 3.8) is 0 Å². The quantitative estimate of drug-likeness (QED) is 0.815. The molecule has 0 bridgehead atoms. The van der Waals surface area contributed by atoms with Crippen LogP contribution in [0.3, 0.4) is 0 Å². The van der Waals surface area contributed by atoms with Crippen LogP contribution in [0.1, 0.15) is 17.3 Å². The van der Waals surface area contributed by atoms with Crippen molar-refractivity contribution in [1.82, 2.24) is 5.32 Å². The second-order valence-corrected chi connectivity index (χ2v) is 4.69. The topological polar surface area (TPSA) is 49.3 Å². The van der Waals surface area contributed by atoms with E-state index in [-0.39, 0.29) is 12.5 Å². The van der Waals surface area contributed by atoms with Gasteiger partial charge in [0.2, 0.25) is 0 Å². The number of carbonyl (C=O) groups is 1. The van der Waals surface area contributed by atoms with E-state index in [4.69, 9.17) is 16.7 Å². The maximum Gasteiger partial charge on any atom is 0.252 e. The molecule has 3 nitrogen and oxygen atoms in total. The minimum absolute atomic E-state index is 0.221. The number of thioether (sulfide) groups is 1. The molecule has 16 heavy (non-hydrogen) atoms. The Morgan fingerprint density at radius 1 is 1.62 bits per heavy atom. The second kappa shape index (κ2) is 6.13. The zero-order chi connectivity index (χ0) is 12.1. The lowest BCUT2D eigenvalue weighted by Gasteiger charge is -2.09. The van der Waals surface area contributed by atoms with Gasteiger partial charge in [-0.15, -0.1) is 11.8 Å². The highest BCUT2D eigenvalue weighted by molar-refractivity contribution is 7.98. The molecule has 1 aromatic rings. The molecule has 0 fully saturated rings. The van der Waals surface area contributed by atoms with Gasteiger partial charge >= 0.3 is 0 Å². The summed E-state index contributed by atoms with van der Waals surface area (Å²) in [5.74, 6) is -0.262. The van der Waals surface area contributed by atoms with Crippen molar-refractivity contribution in [1.29, 1.82) is 0 Å². The Hall–Kier alpha value is -0.710. The van der Waals surface area contributed by atoms with Crippen molar-refractivity contribution in [3.8, 4) is 0 Å². The van der Waals surface area contributed by atoms with Crippen LogP contribution in [0.25, 0.3) is 0 Å². The average molecular weight is 260 g/mol. The third kappa shape index (κ3) is 3.70. The van der Waals surface area contributed by atoms with Crippen molar-refractivity contribution in [2.45, 2.75) is 17.9 Å². The number of rotatable bonds is 4. The molecule has 0 saturated carbocycles. The maximum atomic E-state index is 11.7. The van der Waals surface area contributed by atoms with E-state index in [0.717, 1.165) is 4.90 Å². The zero-order valence-corrected chi connectivity index (χ0v) is 10.7. The van der Waals surface area contributed by atoms with Crippen LogP contribution in [0, 0.1) is 0 Å². The largest absolute Gasteiger partial charge is 0.392 e. The monoisotopic (exact) mass is 259 g/mol. The number of aliphatic hydroxyl groups is 1. The van der Waals surface area contributed by atoms with Gasteiger partial charge in [0.1, 0.15) is 0 Å². The molecule has 88 valence electrons. The van der Waals surface area contributed by atoms with Crippen LogP contribution in [0.5, 0.6) is 0 Å². The summed E-state index contributed by atoms with van der Waals surface area (Å²) < 4.78 is 0. The molecule has 1 amide bonds. The maximum absolute atomic E-state index is 11.7. The van der Waals surface area contributed by atoms with Gasteiger partial charge in [-0.2, -0.15) is 0 Å². The Morgan fingerprint density at radius 3 is 2.88 bits per heavy atom. The first-order valence-electron chi connectivity index (χ1n) is 4.84. The molecular weight excluding hydrogens is 246 g/mol. The molecule has 0 saturated heterocycles. The highest BCUT2D eigenvalue weighted by atomic mass is 35.5. The van der Waals surface area contributed by atoms with Crippen molar-refractivity contribution < 1.29 is 9.90 Å². The summed E-state index contributed by atoms with van der Waals surface area (Å²) in [5, 5.41) is 12.1. The molecule has 0 aliphatic carbocycles. The molecule has 1 aromatic carbocycles. The summed E-state index contributed by atoms with van der Waals surface area (Å²) in [7, 11) is 0. The highest BCUT2D eigenvalue weighted by Crippen LogP contribution is 2.22. The fraction of sp³-hybridized carbons (Fsp3) is 0.364. The third-order valence-corrected chi connectivity index (χ3v) is 3.03. The fourth-order valence-corrected chi connectivity index (χ4v) is 1.78. The summed E-state index contributed by atoms with van der Waals surface area (Å²) in [4.78, 5) is 12.7. The number of carbonyl (C=O) groups excluding carboxylic acids is 1. The van der Waals surface area contributed by atoms with Crippen molar-refractivity contribution in [2.75, 3.05) is 12.8 Å². The molecule has 0 aliphatic rings. The number of hydrogen-bond acceptors (Lipinski definition) is 3. The first-order chi connectivity index (χ1) is 7.54. The Bertz CT molecular complexity index is 382. The lowest BCUT2D eigenvalue weighted by Crippen LogP contribution is -2.30. The van der Waals surface area contributed by atoms with E-state index in [2.05, 4.69) is 5.32 Å². The second-order valence-electron chi connectivity index (χ2n) is 3.40. The van der Waals surface area contributed by atoms with E-state index in [0.29, 0.717) is 10.6 Å². The van der Waals surface area contributed by atoms with Gasteiger partial charge in [0.25, 0.3) is 5.91 Å². The summed E-state index contributed by atoms with van der Waals surface area (Å²) in [5.41, 5.74) is 0.439. The van der Waals surface area contributed by atoms with Gasteiger partial charge in [0, 0.05) is 11.4 Å². The van der Waals surface area contributed by atoms with Crippen molar-refractivity contribution >= 4 is 29.3 Å². The first-order valence-corrected chi connectivity index (χ1v) is 6.44. The van der Waals surface area contributed by atoms with Gasteiger partial charge in [0.05, 0.1) is 16.7 Å². The Morgan fingerprint density at radius 2 is 2.31 bits per heavy atom. The molecule has 1 rings (SSSR count). The van der Waals surface area contributed by atoms with Crippen LogP contribution in [0.15, 0.2) is 23.1 Å². The molecule has 5 heteroatoms. The molecule has 0 aromatic heterocycles. The normalized spacial score (nSPS) is 12.2. The number of benzene rings is 1. The van der Waals surface area contributed by atoms with Crippen LogP contribution >= 0.6 is 23.4 Å². The average Bonchev–Trinajstić information content (AvgIpc) is 2.26. The molecule has 0 heterocycles. The SMILES string of the molecule is CSc1ccc(Cl)c(C(=O)NCC(C)O)c1. The molecule has 1 atom stereocenters. The number of aliphatic hydroxyl groups excluding tert-OH is 1. The van der Waals surface area contributed by atoms with Gasteiger partial charge < -0.3 is 10.4 Å². The van der Waals surface area contributed by atoms with Gasteiger partial charge in [-0.1, -0.05) is 11.6 Å². The Kier molecular flexibility index (Phi) is 5.12. The van der Waals surface area contributed by atoms with E-state index < -0.39 is 6.10 Å². The summed E-state index contributed by atoms with van der Waals surface area (Å²) in [6, 6.07) is 5.30. The predicted molar refractivity (Wildman–Crippen MR) is 67.2 cm³/mol. The van der Waals surface area contributed by atoms with Gasteiger partial charge in [-0.3, -0.25) is 4.79 Å². The smallest absolute Gasteiger partial charge is 0.252 e. The van der Waals surface area contributed by atoms with E-state index in [9.17, 15) is 4.79 Å². The molecule has 0 aliphatic heterocycles. The predicted octanol–water partition coefficient (Wildman–Crippen LogP) is 2.17. The van der Waals surface area contributed by atoms with E-state index in [1.807, 2.05) is 12.3 Å². The van der Waals surface area contributed by atoms with Crippen molar-refractivity contribution in [3.05, 3.63) is 28.8 Å². The van der Waals surface area contributed by atoms with Gasteiger partial charge in [0.15, 0.2) is 0 Å². The minimum Gasteiger partial charge on any atom is -0.392 e. The van der Waals surface area contributed by atoms with Gasteiger partial charge in [-0.25, -0.2) is 0 Å². The number of amides is 1. The fourth-order valence-electron chi connectivity index (χ4n) is 1.14. The molecule has 1 unspecified atom stereocenters. The lowest BCUT2D eigenvalue weighted by atomic mass is 10.2. The summed E-state index contributed by atoms with van der Waals surface area (Å²) in [6.07, 6.45) is 1.37. The summed E-state index contributed by atoms with van der Waals surface area (Å²) in [6.45, 7) is 1.83. The molecule has 0 radical (unpaired) electrons. The Balaban J connectivity index is 2.81. The van der Waals surface area contributed by atoms with Crippen LogP contribution < -0.4 is 5.32 Å². The third-order valence-electron chi connectivity index (χ3n) is 1.98. The molecule has 2 N–H and O–H groups in total. The standard InChI is InChI=1S/C11H14ClNO2S/c1-7(14)6-13-11(15)9-5-8(16-2)3-4-10(9)12/h3-5,7,14H,6H2,1-2H3,(H,13,15). The van der Waals surface area contributed by atoms with Crippen LogP contribution in [-0.2, 0) is 0 Å². The zero-order valence-electron chi connectivity index (χ0n) is 9.16. The van der Waals surface area contributed by atoms with E-state index >= 15 is 0 Å². The number of nitrogens with one attached hydrogen (secondary N) is 1. The highest BCUT2D eigenvalue weighted by Gasteiger charge is 2.11. The lowest BCUT2D eigenvalue weighted by molar-refractivity contribution is 0.0924. The number of halogens is 1. The van der Waals surface area contributed by atoms with E-state index in [1.54, 1.807) is 30.8 Å². The van der Waals surface area contributed by atoms with Gasteiger partial charge in [-0.05, 0) is 31.4 Å². The Labute approximate surface area is 104 Å². The minimum atomic E-state index is -0.563. The molecule has 0 spiro atoms. The van der Waals surface area contributed by atoms with Crippen molar-refractivity contribution in [2.24, 2.45) is 0 Å². The van der Waals surface area contributed by atoms with E-state index in [1.165, 1.54) is 0 Å². The molecular formula is C11H14ClNO2S. The first kappa shape index (κ1) is 13.4. The van der Waals surface area contributed by atoms with Crippen LogP contribution in [-0.4, -0.2) is 29.9 Å². The van der Waals surface area contributed by atoms with Crippen LogP contribution in [0.4, 0.5) is 0 Å². The summed E-state index contributed by atoms with van der Waals surface area (Å²) >= 11 is 7.48. The number of hydrogen-bond donors (Lipinski definition) is 2. The van der Waals surface area contributed by atoms with Crippen LogP contribution in [0.2, 0.25) is 5.02 Å².